The van der Waals surface area contributed by atoms with E-state index in [4.69, 9.17) is 11.6 Å². The average molecular weight is 537 g/mol. The highest BCUT2D eigenvalue weighted by Gasteiger charge is 2.44. The number of hydrogen-bond acceptors (Lipinski definition) is 6. The van der Waals surface area contributed by atoms with Gasteiger partial charge in [0.15, 0.2) is 0 Å². The number of likely N-dealkylation sites (N-methyl/N-ethyl adjacent to an activating group) is 1. The highest BCUT2D eigenvalue weighted by atomic mass is 35.5. The van der Waals surface area contributed by atoms with Gasteiger partial charge in [-0.15, -0.1) is 16.4 Å². The molecular formula is C22H38ClFN6O4S. The number of hydrazine groups is 1. The van der Waals surface area contributed by atoms with Crippen LogP contribution >= 0.6 is 11.6 Å². The van der Waals surface area contributed by atoms with Gasteiger partial charge in [-0.05, 0) is 63.8 Å². The summed E-state index contributed by atoms with van der Waals surface area (Å²) in [7, 11) is -1.83. The number of rotatable bonds is 7. The summed E-state index contributed by atoms with van der Waals surface area (Å²) in [6.07, 6.45) is 3.25. The van der Waals surface area contributed by atoms with E-state index in [0.717, 1.165) is 45.6 Å². The normalized spacial score (nSPS) is 36.4. The van der Waals surface area contributed by atoms with Crippen molar-refractivity contribution in [2.75, 3.05) is 39.1 Å². The van der Waals surface area contributed by atoms with Crippen LogP contribution in [0.5, 0.6) is 0 Å². The van der Waals surface area contributed by atoms with Crippen LogP contribution in [0.4, 0.5) is 9.18 Å². The first-order chi connectivity index (χ1) is 16.6. The fourth-order valence-electron chi connectivity index (χ4n) is 5.97. The molecule has 3 amide bonds. The molecule has 35 heavy (non-hydrogen) atoms. The van der Waals surface area contributed by atoms with Crippen LogP contribution < -0.4 is 20.9 Å². The second-order valence-corrected chi connectivity index (χ2v) is 13.0. The molecule has 0 aromatic heterocycles. The molecule has 4 rings (SSSR count). The fraction of sp³-hybridized carbons (Fsp3) is 0.909. The Morgan fingerprint density at radius 2 is 1.89 bits per heavy atom. The monoisotopic (exact) mass is 536 g/mol. The predicted octanol–water partition coefficient (Wildman–Crippen LogP) is 0.744. The summed E-state index contributed by atoms with van der Waals surface area (Å²) < 4.78 is 40.0. The van der Waals surface area contributed by atoms with Crippen molar-refractivity contribution in [3.8, 4) is 0 Å². The Kier molecular flexibility index (Phi) is 8.78. The summed E-state index contributed by atoms with van der Waals surface area (Å²) >= 11 is 6.24. The average Bonchev–Trinajstić information content (AvgIpc) is 3.56. The Morgan fingerprint density at radius 1 is 1.14 bits per heavy atom. The number of sulfonamides is 1. The molecule has 7 unspecified atom stereocenters. The number of likely N-dealkylation sites (tertiary alicyclic amines) is 1. The molecule has 2 heterocycles. The number of nitrogens with one attached hydrogen (secondary N) is 4. The van der Waals surface area contributed by atoms with Gasteiger partial charge in [0.25, 0.3) is 0 Å². The summed E-state index contributed by atoms with van der Waals surface area (Å²) in [6.45, 7) is 3.06. The number of carbonyl (C=O) groups is 2. The van der Waals surface area contributed by atoms with Gasteiger partial charge >= 0.3 is 6.03 Å². The van der Waals surface area contributed by atoms with E-state index < -0.39 is 33.4 Å². The Balaban J connectivity index is 1.23. The van der Waals surface area contributed by atoms with E-state index >= 15 is 0 Å². The molecule has 200 valence electrons. The zero-order chi connectivity index (χ0) is 25.2. The maximum atomic E-state index is 14.8. The molecule has 0 aromatic rings. The second kappa shape index (κ2) is 11.5. The van der Waals surface area contributed by atoms with Gasteiger partial charge in [-0.25, -0.2) is 17.6 Å². The molecule has 10 nitrogen and oxygen atoms in total. The predicted molar refractivity (Wildman–Crippen MR) is 131 cm³/mol. The van der Waals surface area contributed by atoms with Crippen molar-refractivity contribution in [3.63, 3.8) is 0 Å². The molecule has 4 N–H and O–H groups in total. The number of amides is 3. The number of halogens is 2. The summed E-state index contributed by atoms with van der Waals surface area (Å²) in [5, 5.41) is 5.59. The lowest BCUT2D eigenvalue weighted by Gasteiger charge is -2.37. The largest absolute Gasteiger partial charge is 0.335 e. The van der Waals surface area contributed by atoms with Gasteiger partial charge in [0.2, 0.25) is 15.9 Å². The van der Waals surface area contributed by atoms with Crippen LogP contribution in [-0.4, -0.2) is 92.9 Å². The van der Waals surface area contributed by atoms with E-state index in [-0.39, 0.29) is 35.7 Å². The standard InChI is InChI=1S/C22H38ClFN6O4S/c1-29-11-19(25-13-29)15-9-17(20(24)18(23)10-15)21(31)27-28-35(33,34)12-14-4-5-16(8-14)26-22(32)30-6-2-3-7-30/h14-20,25,28H,2-13H2,1H3,(H,26,32)(H,27,31). The molecule has 4 aliphatic rings. The van der Waals surface area contributed by atoms with Crippen LogP contribution in [0.1, 0.15) is 44.9 Å². The molecular weight excluding hydrogens is 499 g/mol. The van der Waals surface area contributed by atoms with Crippen molar-refractivity contribution in [3.05, 3.63) is 0 Å². The van der Waals surface area contributed by atoms with Crippen LogP contribution in [0.15, 0.2) is 0 Å². The van der Waals surface area contributed by atoms with Crippen LogP contribution in [0.25, 0.3) is 0 Å². The number of carbonyl (C=O) groups excluding carboxylic acids is 2. The maximum Gasteiger partial charge on any atom is 0.317 e. The van der Waals surface area contributed by atoms with E-state index in [1.54, 1.807) is 4.90 Å². The van der Waals surface area contributed by atoms with Gasteiger partial charge in [-0.2, -0.15) is 0 Å². The van der Waals surface area contributed by atoms with Crippen molar-refractivity contribution >= 4 is 33.6 Å². The SMILES string of the molecule is CN1CNC(C2CC(Cl)C(F)C(C(=O)NNS(=O)(=O)CC3CCC(NC(=O)N4CCCC4)C3)C2)C1. The van der Waals surface area contributed by atoms with E-state index in [1.807, 2.05) is 7.05 Å². The number of alkyl halides is 2. The van der Waals surface area contributed by atoms with Crippen molar-refractivity contribution in [1.29, 1.82) is 0 Å². The van der Waals surface area contributed by atoms with Crippen molar-refractivity contribution in [2.24, 2.45) is 17.8 Å². The minimum Gasteiger partial charge on any atom is -0.335 e. The summed E-state index contributed by atoms with van der Waals surface area (Å²) in [5.41, 5.74) is 2.24. The molecule has 2 aliphatic heterocycles. The van der Waals surface area contributed by atoms with Crippen molar-refractivity contribution in [1.82, 2.24) is 30.7 Å². The molecule has 2 aliphatic carbocycles. The highest BCUT2D eigenvalue weighted by Crippen LogP contribution is 2.37. The fourth-order valence-corrected chi connectivity index (χ4v) is 7.64. The molecule has 2 saturated carbocycles. The quantitative estimate of drug-likeness (QED) is 0.281. The molecule has 13 heteroatoms. The molecule has 0 aromatic carbocycles. The van der Waals surface area contributed by atoms with Gasteiger partial charge in [-0.3, -0.25) is 20.4 Å². The Bertz CT molecular complexity index is 876. The van der Waals surface area contributed by atoms with E-state index in [9.17, 15) is 22.4 Å². The first-order valence-electron chi connectivity index (χ1n) is 12.7. The highest BCUT2D eigenvalue weighted by molar-refractivity contribution is 7.89. The molecule has 0 radical (unpaired) electrons. The van der Waals surface area contributed by atoms with Crippen molar-refractivity contribution in [2.45, 2.75) is 68.6 Å². The summed E-state index contributed by atoms with van der Waals surface area (Å²) in [4.78, 5) is 31.1. The van der Waals surface area contributed by atoms with Gasteiger partial charge in [0, 0.05) is 38.4 Å². The lowest BCUT2D eigenvalue weighted by atomic mass is 9.76. The summed E-state index contributed by atoms with van der Waals surface area (Å²) in [6, 6.07) is 0.000252. The Hall–Kier alpha value is -1.21. The third-order valence-corrected chi connectivity index (χ3v) is 9.64. The minimum absolute atomic E-state index is 0.0352. The first-order valence-corrected chi connectivity index (χ1v) is 14.7. The van der Waals surface area contributed by atoms with Gasteiger partial charge in [-0.1, -0.05) is 0 Å². The van der Waals surface area contributed by atoms with Crippen LogP contribution in [0, 0.1) is 17.8 Å². The van der Waals surface area contributed by atoms with Crippen LogP contribution in [-0.2, 0) is 14.8 Å². The molecule has 0 spiro atoms. The zero-order valence-electron chi connectivity index (χ0n) is 20.2. The van der Waals surface area contributed by atoms with Crippen molar-refractivity contribution < 1.29 is 22.4 Å². The zero-order valence-corrected chi connectivity index (χ0v) is 21.8. The third-order valence-electron chi connectivity index (χ3n) is 7.90. The van der Waals surface area contributed by atoms with E-state index in [0.29, 0.717) is 25.7 Å². The third kappa shape index (κ3) is 6.97. The lowest BCUT2D eigenvalue weighted by Crippen LogP contribution is -2.52. The molecule has 4 fully saturated rings. The van der Waals surface area contributed by atoms with E-state index in [1.165, 1.54) is 0 Å². The van der Waals surface area contributed by atoms with Crippen LogP contribution in [0.2, 0.25) is 0 Å². The maximum absolute atomic E-state index is 14.8. The number of nitrogens with zero attached hydrogens (tertiary/aromatic N) is 2. The number of hydrogen-bond donors (Lipinski definition) is 4. The smallest absolute Gasteiger partial charge is 0.317 e. The first kappa shape index (κ1) is 26.8. The van der Waals surface area contributed by atoms with Crippen LogP contribution in [0.3, 0.4) is 0 Å². The topological polar surface area (TPSA) is 123 Å². The van der Waals surface area contributed by atoms with E-state index in [2.05, 4.69) is 25.8 Å². The summed E-state index contributed by atoms with van der Waals surface area (Å²) in [5.74, 6) is -1.95. The minimum atomic E-state index is -3.81. The lowest BCUT2D eigenvalue weighted by molar-refractivity contribution is -0.129. The molecule has 0 bridgehead atoms. The van der Waals surface area contributed by atoms with Gasteiger partial charge in [0.1, 0.15) is 6.17 Å². The Labute approximate surface area is 212 Å². The number of urea groups is 1. The Morgan fingerprint density at radius 3 is 2.57 bits per heavy atom. The molecule has 2 saturated heterocycles. The molecule has 7 atom stereocenters. The van der Waals surface area contributed by atoms with Gasteiger partial charge < -0.3 is 10.2 Å². The second-order valence-electron chi connectivity index (χ2n) is 10.7. The van der Waals surface area contributed by atoms with Gasteiger partial charge in [0.05, 0.1) is 17.0 Å².